The van der Waals surface area contributed by atoms with Crippen molar-refractivity contribution >= 4 is 17.8 Å². The van der Waals surface area contributed by atoms with Gasteiger partial charge in [0.05, 0.1) is 6.21 Å². The Morgan fingerprint density at radius 3 is 2.92 bits per heavy atom. The molecule has 0 saturated carbocycles. The lowest BCUT2D eigenvalue weighted by atomic mass is 10.1. The van der Waals surface area contributed by atoms with E-state index in [4.69, 9.17) is 17.4 Å². The van der Waals surface area contributed by atoms with Crippen LogP contribution >= 0.6 is 11.6 Å². The predicted octanol–water partition coefficient (Wildman–Crippen LogP) is 2.19. The SMILES string of the molecule is CCc1cc(Cl)ccc1C=NN. The highest BCUT2D eigenvalue weighted by Crippen LogP contribution is 2.15. The molecule has 0 aliphatic heterocycles. The first-order valence-electron chi connectivity index (χ1n) is 3.79. The van der Waals surface area contributed by atoms with Crippen LogP contribution in [0.15, 0.2) is 23.3 Å². The Hall–Kier alpha value is -1.02. The van der Waals surface area contributed by atoms with E-state index in [2.05, 4.69) is 12.0 Å². The monoisotopic (exact) mass is 182 g/mol. The van der Waals surface area contributed by atoms with Gasteiger partial charge in [0, 0.05) is 5.02 Å². The van der Waals surface area contributed by atoms with Gasteiger partial charge in [-0.2, -0.15) is 5.10 Å². The Labute approximate surface area is 77.0 Å². The Bertz CT molecular complexity index is 295. The van der Waals surface area contributed by atoms with Crippen LogP contribution in [0.5, 0.6) is 0 Å². The number of hydrogen-bond donors (Lipinski definition) is 1. The van der Waals surface area contributed by atoms with Gasteiger partial charge < -0.3 is 5.84 Å². The lowest BCUT2D eigenvalue weighted by Gasteiger charge is -2.01. The molecule has 0 amide bonds. The van der Waals surface area contributed by atoms with Crippen molar-refractivity contribution in [2.45, 2.75) is 13.3 Å². The quantitative estimate of drug-likeness (QED) is 0.425. The zero-order valence-electron chi connectivity index (χ0n) is 6.92. The minimum atomic E-state index is 0.751. The Morgan fingerprint density at radius 2 is 2.33 bits per heavy atom. The molecular weight excluding hydrogens is 172 g/mol. The third kappa shape index (κ3) is 1.98. The highest BCUT2D eigenvalue weighted by Gasteiger charge is 1.98. The molecule has 0 aliphatic rings. The maximum atomic E-state index is 5.82. The van der Waals surface area contributed by atoms with Crippen LogP contribution in [0.2, 0.25) is 5.02 Å². The van der Waals surface area contributed by atoms with Gasteiger partial charge >= 0.3 is 0 Å². The first-order chi connectivity index (χ1) is 5.77. The normalized spacial score (nSPS) is 10.8. The third-order valence-corrected chi connectivity index (χ3v) is 1.93. The Morgan fingerprint density at radius 1 is 1.58 bits per heavy atom. The number of hydrazone groups is 1. The van der Waals surface area contributed by atoms with Crippen LogP contribution < -0.4 is 5.84 Å². The molecule has 0 atom stereocenters. The molecule has 1 aromatic rings. The summed E-state index contributed by atoms with van der Waals surface area (Å²) >= 11 is 5.82. The van der Waals surface area contributed by atoms with Crippen molar-refractivity contribution in [3.8, 4) is 0 Å². The van der Waals surface area contributed by atoms with Gasteiger partial charge in [-0.1, -0.05) is 24.6 Å². The summed E-state index contributed by atoms with van der Waals surface area (Å²) in [5.41, 5.74) is 2.20. The summed E-state index contributed by atoms with van der Waals surface area (Å²) in [4.78, 5) is 0. The standard InChI is InChI=1S/C9H11ClN2/c1-2-7-5-9(10)4-3-8(7)6-12-11/h3-6H,2,11H2,1H3. The van der Waals surface area contributed by atoms with E-state index in [1.807, 2.05) is 18.2 Å². The number of rotatable bonds is 2. The molecule has 0 radical (unpaired) electrons. The van der Waals surface area contributed by atoms with Crippen LogP contribution in [-0.4, -0.2) is 6.21 Å². The van der Waals surface area contributed by atoms with Gasteiger partial charge in [-0.15, -0.1) is 0 Å². The van der Waals surface area contributed by atoms with Gasteiger partial charge in [0.2, 0.25) is 0 Å². The maximum absolute atomic E-state index is 5.82. The fourth-order valence-corrected chi connectivity index (χ4v) is 1.28. The van der Waals surface area contributed by atoms with Crippen LogP contribution in [0.3, 0.4) is 0 Å². The van der Waals surface area contributed by atoms with E-state index in [0.717, 1.165) is 22.6 Å². The van der Waals surface area contributed by atoms with Crippen molar-refractivity contribution in [1.29, 1.82) is 0 Å². The molecular formula is C9H11ClN2. The zero-order chi connectivity index (χ0) is 8.97. The maximum Gasteiger partial charge on any atom is 0.0540 e. The van der Waals surface area contributed by atoms with Crippen molar-refractivity contribution in [2.75, 3.05) is 0 Å². The number of benzene rings is 1. The van der Waals surface area contributed by atoms with E-state index in [0.29, 0.717) is 0 Å². The molecule has 2 N–H and O–H groups in total. The average Bonchev–Trinajstić information content (AvgIpc) is 2.08. The Kier molecular flexibility index (Phi) is 3.11. The zero-order valence-corrected chi connectivity index (χ0v) is 7.67. The molecule has 0 saturated heterocycles. The first kappa shape index (κ1) is 9.07. The third-order valence-electron chi connectivity index (χ3n) is 1.70. The van der Waals surface area contributed by atoms with Gasteiger partial charge in [0.1, 0.15) is 0 Å². The van der Waals surface area contributed by atoms with E-state index in [-0.39, 0.29) is 0 Å². The molecule has 0 bridgehead atoms. The molecule has 64 valence electrons. The number of hydrogen-bond acceptors (Lipinski definition) is 2. The van der Waals surface area contributed by atoms with E-state index in [1.165, 1.54) is 0 Å². The summed E-state index contributed by atoms with van der Waals surface area (Å²) in [6.07, 6.45) is 2.57. The van der Waals surface area contributed by atoms with Crippen LogP contribution in [-0.2, 0) is 6.42 Å². The smallest absolute Gasteiger partial charge is 0.0540 e. The fourth-order valence-electron chi connectivity index (χ4n) is 1.09. The van der Waals surface area contributed by atoms with Crippen LogP contribution in [0.4, 0.5) is 0 Å². The number of nitrogens with zero attached hydrogens (tertiary/aromatic N) is 1. The topological polar surface area (TPSA) is 38.4 Å². The lowest BCUT2D eigenvalue weighted by molar-refractivity contribution is 1.13. The molecule has 1 aromatic carbocycles. The Balaban J connectivity index is 3.10. The largest absolute Gasteiger partial charge is 0.323 e. The van der Waals surface area contributed by atoms with Crippen LogP contribution in [0.1, 0.15) is 18.1 Å². The average molecular weight is 183 g/mol. The first-order valence-corrected chi connectivity index (χ1v) is 4.17. The van der Waals surface area contributed by atoms with Crippen LogP contribution in [0.25, 0.3) is 0 Å². The lowest BCUT2D eigenvalue weighted by Crippen LogP contribution is -1.92. The second-order valence-electron chi connectivity index (χ2n) is 2.47. The van der Waals surface area contributed by atoms with Crippen molar-refractivity contribution < 1.29 is 0 Å². The molecule has 3 heteroatoms. The van der Waals surface area contributed by atoms with Gasteiger partial charge in [-0.25, -0.2) is 0 Å². The van der Waals surface area contributed by atoms with Crippen molar-refractivity contribution in [3.63, 3.8) is 0 Å². The molecule has 0 unspecified atom stereocenters. The van der Waals surface area contributed by atoms with Crippen molar-refractivity contribution in [1.82, 2.24) is 0 Å². The number of halogens is 1. The molecule has 0 heterocycles. The highest BCUT2D eigenvalue weighted by molar-refractivity contribution is 6.30. The second kappa shape index (κ2) is 4.12. The molecule has 2 nitrogen and oxygen atoms in total. The van der Waals surface area contributed by atoms with Gasteiger partial charge in [0.25, 0.3) is 0 Å². The number of nitrogens with two attached hydrogens (primary N) is 1. The van der Waals surface area contributed by atoms with E-state index in [1.54, 1.807) is 6.21 Å². The van der Waals surface area contributed by atoms with Crippen molar-refractivity contribution in [3.05, 3.63) is 34.3 Å². The molecule has 0 fully saturated rings. The minimum Gasteiger partial charge on any atom is -0.323 e. The van der Waals surface area contributed by atoms with E-state index >= 15 is 0 Å². The summed E-state index contributed by atoms with van der Waals surface area (Å²) in [5, 5.41) is 4.23. The number of aryl methyl sites for hydroxylation is 1. The fraction of sp³-hybridized carbons (Fsp3) is 0.222. The second-order valence-corrected chi connectivity index (χ2v) is 2.91. The van der Waals surface area contributed by atoms with E-state index in [9.17, 15) is 0 Å². The van der Waals surface area contributed by atoms with E-state index < -0.39 is 0 Å². The predicted molar refractivity (Wildman–Crippen MR) is 52.6 cm³/mol. The molecule has 1 rings (SSSR count). The van der Waals surface area contributed by atoms with Gasteiger partial charge in [-0.3, -0.25) is 0 Å². The summed E-state index contributed by atoms with van der Waals surface area (Å²) in [5.74, 6) is 5.06. The molecule has 0 aliphatic carbocycles. The summed E-state index contributed by atoms with van der Waals surface area (Å²) < 4.78 is 0. The van der Waals surface area contributed by atoms with Crippen LogP contribution in [0, 0.1) is 0 Å². The van der Waals surface area contributed by atoms with Crippen molar-refractivity contribution in [2.24, 2.45) is 10.9 Å². The van der Waals surface area contributed by atoms with Gasteiger partial charge in [-0.05, 0) is 29.7 Å². The summed E-state index contributed by atoms with van der Waals surface area (Å²) in [7, 11) is 0. The molecule has 0 spiro atoms. The highest BCUT2D eigenvalue weighted by atomic mass is 35.5. The summed E-state index contributed by atoms with van der Waals surface area (Å²) in [6.45, 7) is 2.07. The molecule has 12 heavy (non-hydrogen) atoms. The van der Waals surface area contributed by atoms with Gasteiger partial charge in [0.15, 0.2) is 0 Å². The minimum absolute atomic E-state index is 0.751. The molecule has 0 aromatic heterocycles. The summed E-state index contributed by atoms with van der Waals surface area (Å²) in [6, 6.07) is 5.67.